The van der Waals surface area contributed by atoms with Gasteiger partial charge in [0, 0.05) is 19.1 Å². The highest BCUT2D eigenvalue weighted by Crippen LogP contribution is 2.07. The highest BCUT2D eigenvalue weighted by atomic mass is 16.2. The third-order valence-corrected chi connectivity index (χ3v) is 3.59. The summed E-state index contributed by atoms with van der Waals surface area (Å²) in [5.74, 6) is 0.821. The van der Waals surface area contributed by atoms with E-state index >= 15 is 0 Å². The van der Waals surface area contributed by atoms with Gasteiger partial charge in [-0.1, -0.05) is 20.8 Å². The van der Waals surface area contributed by atoms with Crippen molar-refractivity contribution in [3.05, 3.63) is 0 Å². The molecule has 1 rings (SSSR count). The number of amides is 1. The van der Waals surface area contributed by atoms with Crippen molar-refractivity contribution in [2.45, 2.75) is 52.5 Å². The van der Waals surface area contributed by atoms with Gasteiger partial charge in [-0.05, 0) is 44.7 Å². The van der Waals surface area contributed by atoms with Gasteiger partial charge in [0.25, 0.3) is 0 Å². The third kappa shape index (κ3) is 7.53. The molecule has 112 valence electrons. The summed E-state index contributed by atoms with van der Waals surface area (Å²) >= 11 is 0. The van der Waals surface area contributed by atoms with Crippen LogP contribution in [0.3, 0.4) is 0 Å². The average Bonchev–Trinajstić information content (AvgIpc) is 2.81. The Morgan fingerprint density at radius 1 is 1.47 bits per heavy atom. The Morgan fingerprint density at radius 2 is 2.26 bits per heavy atom. The third-order valence-electron chi connectivity index (χ3n) is 3.59. The van der Waals surface area contributed by atoms with Crippen molar-refractivity contribution in [3.63, 3.8) is 0 Å². The number of rotatable bonds is 9. The average molecular weight is 269 g/mol. The zero-order valence-electron chi connectivity index (χ0n) is 12.9. The van der Waals surface area contributed by atoms with E-state index in [4.69, 9.17) is 0 Å². The Hall–Kier alpha value is -0.610. The van der Waals surface area contributed by atoms with Gasteiger partial charge in [-0.15, -0.1) is 0 Å². The van der Waals surface area contributed by atoms with Crippen LogP contribution in [0.4, 0.5) is 0 Å². The number of carbonyl (C=O) groups excluding carboxylic acids is 1. The van der Waals surface area contributed by atoms with Crippen molar-refractivity contribution in [3.8, 4) is 0 Å². The van der Waals surface area contributed by atoms with Crippen molar-refractivity contribution in [1.29, 1.82) is 0 Å². The molecule has 1 saturated heterocycles. The second kappa shape index (κ2) is 9.32. The van der Waals surface area contributed by atoms with Gasteiger partial charge >= 0.3 is 0 Å². The lowest BCUT2D eigenvalue weighted by atomic mass is 10.1. The van der Waals surface area contributed by atoms with Gasteiger partial charge in [0.1, 0.15) is 0 Å². The van der Waals surface area contributed by atoms with Crippen LogP contribution in [0.25, 0.3) is 0 Å². The lowest BCUT2D eigenvalue weighted by Gasteiger charge is -2.24. The minimum absolute atomic E-state index is 0.173. The lowest BCUT2D eigenvalue weighted by Crippen LogP contribution is -2.43. The largest absolute Gasteiger partial charge is 0.355 e. The molecule has 1 amide bonds. The van der Waals surface area contributed by atoms with E-state index in [2.05, 4.69) is 36.3 Å². The number of nitrogens with zero attached hydrogens (tertiary/aromatic N) is 1. The van der Waals surface area contributed by atoms with E-state index in [9.17, 15) is 4.79 Å². The molecule has 0 aromatic rings. The van der Waals surface area contributed by atoms with E-state index in [1.54, 1.807) is 0 Å². The highest BCUT2D eigenvalue weighted by Gasteiger charge is 2.18. The lowest BCUT2D eigenvalue weighted by molar-refractivity contribution is -0.122. The van der Waals surface area contributed by atoms with E-state index in [-0.39, 0.29) is 5.91 Å². The molecule has 1 heterocycles. The van der Waals surface area contributed by atoms with Crippen LogP contribution >= 0.6 is 0 Å². The van der Waals surface area contributed by atoms with Gasteiger partial charge in [-0.2, -0.15) is 0 Å². The van der Waals surface area contributed by atoms with Crippen molar-refractivity contribution in [2.75, 3.05) is 32.7 Å². The Labute approximate surface area is 118 Å². The van der Waals surface area contributed by atoms with Crippen LogP contribution in [-0.4, -0.2) is 49.6 Å². The van der Waals surface area contributed by atoms with E-state index < -0.39 is 0 Å². The van der Waals surface area contributed by atoms with Gasteiger partial charge in [-0.3, -0.25) is 9.69 Å². The molecule has 0 spiro atoms. The van der Waals surface area contributed by atoms with Crippen molar-refractivity contribution < 1.29 is 4.79 Å². The van der Waals surface area contributed by atoms with Crippen molar-refractivity contribution in [2.24, 2.45) is 5.92 Å². The first-order chi connectivity index (χ1) is 9.11. The molecule has 2 N–H and O–H groups in total. The molecular formula is C15H31N3O. The Balaban J connectivity index is 2.24. The molecule has 1 aliphatic heterocycles. The van der Waals surface area contributed by atoms with E-state index in [1.807, 2.05) is 0 Å². The van der Waals surface area contributed by atoms with Gasteiger partial charge in [0.2, 0.25) is 5.91 Å². The number of hydrogen-bond acceptors (Lipinski definition) is 3. The van der Waals surface area contributed by atoms with Crippen LogP contribution in [0.5, 0.6) is 0 Å². The van der Waals surface area contributed by atoms with Crippen molar-refractivity contribution in [1.82, 2.24) is 15.5 Å². The summed E-state index contributed by atoms with van der Waals surface area (Å²) in [6.45, 7) is 11.0. The normalized spacial score (nSPS) is 19.3. The zero-order valence-corrected chi connectivity index (χ0v) is 12.9. The van der Waals surface area contributed by atoms with Crippen LogP contribution in [0.15, 0.2) is 0 Å². The molecule has 0 radical (unpaired) electrons. The highest BCUT2D eigenvalue weighted by molar-refractivity contribution is 5.77. The molecule has 0 bridgehead atoms. The first kappa shape index (κ1) is 16.4. The fourth-order valence-electron chi connectivity index (χ4n) is 2.53. The summed E-state index contributed by atoms with van der Waals surface area (Å²) in [5.41, 5.74) is 0. The van der Waals surface area contributed by atoms with Gasteiger partial charge in [0.15, 0.2) is 0 Å². The topological polar surface area (TPSA) is 44.4 Å². The first-order valence-corrected chi connectivity index (χ1v) is 7.84. The Kier molecular flexibility index (Phi) is 8.07. The van der Waals surface area contributed by atoms with Crippen LogP contribution in [-0.2, 0) is 4.79 Å². The molecule has 1 aliphatic rings. The van der Waals surface area contributed by atoms with Crippen molar-refractivity contribution >= 4 is 5.91 Å². The van der Waals surface area contributed by atoms with Gasteiger partial charge in [0.05, 0.1) is 6.54 Å². The molecule has 0 saturated carbocycles. The Morgan fingerprint density at radius 3 is 2.84 bits per heavy atom. The Bertz CT molecular complexity index is 250. The molecule has 1 fully saturated rings. The summed E-state index contributed by atoms with van der Waals surface area (Å²) in [5, 5.41) is 6.53. The zero-order chi connectivity index (χ0) is 14.1. The summed E-state index contributed by atoms with van der Waals surface area (Å²) in [7, 11) is 0. The quantitative estimate of drug-likeness (QED) is 0.668. The number of hydrogen-bond donors (Lipinski definition) is 2. The molecule has 1 unspecified atom stereocenters. The smallest absolute Gasteiger partial charge is 0.234 e. The monoisotopic (exact) mass is 269 g/mol. The maximum absolute atomic E-state index is 11.9. The van der Waals surface area contributed by atoms with E-state index in [0.717, 1.165) is 39.0 Å². The molecule has 0 aliphatic carbocycles. The minimum Gasteiger partial charge on any atom is -0.355 e. The molecule has 0 aromatic carbocycles. The van der Waals surface area contributed by atoms with E-state index in [1.165, 1.54) is 12.8 Å². The predicted octanol–water partition coefficient (Wildman–Crippen LogP) is 1.61. The fraction of sp³-hybridized carbons (Fsp3) is 0.933. The van der Waals surface area contributed by atoms with Crippen LogP contribution in [0, 0.1) is 5.92 Å². The summed E-state index contributed by atoms with van der Waals surface area (Å²) in [6.07, 6.45) is 4.68. The maximum atomic E-state index is 11.9. The standard InChI is InChI=1S/C15H31N3O/c1-4-10-18(11-14-6-5-8-16-14)12-15(19)17-9-7-13(2)3/h13-14,16H,4-12H2,1-3H3,(H,17,19). The fourth-order valence-corrected chi connectivity index (χ4v) is 2.53. The second-order valence-corrected chi connectivity index (χ2v) is 6.06. The van der Waals surface area contributed by atoms with Gasteiger partial charge in [-0.25, -0.2) is 0 Å². The van der Waals surface area contributed by atoms with Crippen LogP contribution in [0.1, 0.15) is 46.5 Å². The molecule has 19 heavy (non-hydrogen) atoms. The minimum atomic E-state index is 0.173. The molecular weight excluding hydrogens is 238 g/mol. The molecule has 4 nitrogen and oxygen atoms in total. The van der Waals surface area contributed by atoms with Gasteiger partial charge < -0.3 is 10.6 Å². The first-order valence-electron chi connectivity index (χ1n) is 7.84. The van der Waals surface area contributed by atoms with Crippen LogP contribution in [0.2, 0.25) is 0 Å². The SMILES string of the molecule is CCCN(CC(=O)NCCC(C)C)CC1CCCN1. The predicted molar refractivity (Wildman–Crippen MR) is 80.2 cm³/mol. The van der Waals surface area contributed by atoms with Crippen LogP contribution < -0.4 is 10.6 Å². The molecule has 1 atom stereocenters. The van der Waals surface area contributed by atoms with E-state index in [0.29, 0.717) is 18.5 Å². The number of nitrogens with one attached hydrogen (secondary N) is 2. The second-order valence-electron chi connectivity index (χ2n) is 6.06. The maximum Gasteiger partial charge on any atom is 0.234 e. The number of carbonyl (C=O) groups is 1. The summed E-state index contributed by atoms with van der Waals surface area (Å²) in [4.78, 5) is 14.2. The summed E-state index contributed by atoms with van der Waals surface area (Å²) in [6, 6.07) is 0.579. The molecule has 4 heteroatoms. The summed E-state index contributed by atoms with van der Waals surface area (Å²) < 4.78 is 0. The molecule has 0 aromatic heterocycles.